The Hall–Kier alpha value is -7.36. The van der Waals surface area contributed by atoms with E-state index in [4.69, 9.17) is 18.9 Å². The fraction of sp³-hybridized carbons (Fsp3) is 0.579. The van der Waals surface area contributed by atoms with E-state index in [0.29, 0.717) is 86.0 Å². The average molecular weight is 1280 g/mol. The van der Waals surface area contributed by atoms with Gasteiger partial charge in [0, 0.05) is 26.2 Å². The third-order valence-electron chi connectivity index (χ3n) is 12.9. The number of nitrogens with one attached hydrogen (secondary N) is 4. The van der Waals surface area contributed by atoms with Gasteiger partial charge in [-0.05, 0) is 118 Å². The summed E-state index contributed by atoms with van der Waals surface area (Å²) in [7, 11) is 0. The maximum Gasteiger partial charge on any atom is 0.339 e. The largest absolute Gasteiger partial charge is 0.462 e. The summed E-state index contributed by atoms with van der Waals surface area (Å²) in [5.41, 5.74) is 2.94. The van der Waals surface area contributed by atoms with Gasteiger partial charge in [-0.2, -0.15) is 0 Å². The third-order valence-corrected chi connectivity index (χ3v) is 12.9. The van der Waals surface area contributed by atoms with Crippen molar-refractivity contribution in [3.8, 4) is 0 Å². The van der Waals surface area contributed by atoms with Crippen LogP contribution in [0.25, 0.3) is 0 Å². The molecule has 0 unspecified atom stereocenters. The van der Waals surface area contributed by atoms with Crippen molar-refractivity contribution in [2.24, 2.45) is 43.3 Å². The summed E-state index contributed by atoms with van der Waals surface area (Å²) in [5, 5.41) is 11.5. The quantitative estimate of drug-likeness (QED) is 0.0479. The molecule has 512 valence electrons. The Morgan fingerprint density at radius 1 is 0.261 bits per heavy atom. The van der Waals surface area contributed by atoms with Crippen LogP contribution in [0.5, 0.6) is 0 Å². The number of amides is 4. The molecule has 0 radical (unpaired) electrons. The second-order valence-corrected chi connectivity index (χ2v) is 33.0. The molecule has 0 fully saturated rings. The van der Waals surface area contributed by atoms with Gasteiger partial charge in [-0.15, -0.1) is 0 Å². The first-order chi connectivity index (χ1) is 42.0. The number of carbonyl (C=O) groups is 8. The molecule has 0 saturated heterocycles. The molecular weight excluding hydrogens is 1160 g/mol. The molecule has 0 saturated carbocycles. The van der Waals surface area contributed by atoms with Gasteiger partial charge in [0.15, 0.2) is 0 Å². The van der Waals surface area contributed by atoms with Gasteiger partial charge >= 0.3 is 23.9 Å². The van der Waals surface area contributed by atoms with Crippen LogP contribution in [0.1, 0.15) is 275 Å². The molecule has 0 aliphatic rings. The predicted octanol–water partition coefficient (Wildman–Crippen LogP) is 16.2. The zero-order valence-corrected chi connectivity index (χ0v) is 60.6. The Labute approximate surface area is 553 Å². The molecule has 0 aromatic heterocycles. The summed E-state index contributed by atoms with van der Waals surface area (Å²) in [5.74, 6) is -2.78. The van der Waals surface area contributed by atoms with Crippen LogP contribution in [0, 0.1) is 43.3 Å². The van der Waals surface area contributed by atoms with Crippen LogP contribution in [0.2, 0.25) is 0 Å². The van der Waals surface area contributed by atoms with E-state index in [1.807, 2.05) is 62.3 Å². The van der Waals surface area contributed by atoms with Gasteiger partial charge in [0.2, 0.25) is 0 Å². The maximum atomic E-state index is 12.4. The monoisotopic (exact) mass is 1280 g/mol. The van der Waals surface area contributed by atoms with Gasteiger partial charge in [0.1, 0.15) is 0 Å². The standard InChI is InChI=1S/C19H30N2O2.2C19H29NO3.C19H28O4/c1-18(2,3)11-12-20-16(22)14-9-7-8-10-15(14)17(23)21-13-19(4,5)6;1-18(2,3)11-12-23-17(22)15-10-8-7-9-14(15)16(21)20-13-19(4,5)6;1-18(2,3)11-12-20-16(21)14-9-7-8-10-15(14)17(22)23-13-19(4,5)6;1-18(2,3)11-12-22-16(20)14-9-7-8-10-15(14)17(21)23-13-19(4,5)6/h7-10H,11-13H2,1-6H3,(H,20,22)(H,21,23);2*7-10H,11-13H2,1-6H3,(H,20,21);7-10H,11-13H2,1-6H3. The van der Waals surface area contributed by atoms with Crippen LogP contribution in [0.4, 0.5) is 0 Å². The minimum atomic E-state index is -0.497. The van der Waals surface area contributed by atoms with E-state index in [-0.39, 0.29) is 78.1 Å². The summed E-state index contributed by atoms with van der Waals surface area (Å²) in [4.78, 5) is 98.3. The highest BCUT2D eigenvalue weighted by atomic mass is 16.5. The minimum absolute atomic E-state index is 0.000425. The van der Waals surface area contributed by atoms with Gasteiger partial charge in [-0.1, -0.05) is 215 Å². The average Bonchev–Trinajstić information content (AvgIpc) is 0.885. The molecule has 0 aliphatic carbocycles. The van der Waals surface area contributed by atoms with Crippen LogP contribution in [-0.2, 0) is 18.9 Å². The number of hydrogen-bond donors (Lipinski definition) is 4. The molecule has 4 aromatic rings. The zero-order valence-electron chi connectivity index (χ0n) is 60.6. The smallest absolute Gasteiger partial charge is 0.339 e. The van der Waals surface area contributed by atoms with E-state index < -0.39 is 23.9 Å². The molecule has 92 heavy (non-hydrogen) atoms. The highest BCUT2D eigenvalue weighted by Crippen LogP contribution is 2.24. The molecule has 4 amide bonds. The summed E-state index contributed by atoms with van der Waals surface area (Å²) in [6, 6.07) is 27.1. The summed E-state index contributed by atoms with van der Waals surface area (Å²) in [6.07, 6.45) is 3.29. The fourth-order valence-corrected chi connectivity index (χ4v) is 7.39. The zero-order chi connectivity index (χ0) is 70.7. The molecule has 0 aliphatic heterocycles. The summed E-state index contributed by atoms with van der Waals surface area (Å²) < 4.78 is 21.2. The van der Waals surface area contributed by atoms with Crippen molar-refractivity contribution in [1.29, 1.82) is 0 Å². The molecule has 16 heteroatoms. The van der Waals surface area contributed by atoms with E-state index in [9.17, 15) is 38.4 Å². The molecule has 0 atom stereocenters. The first kappa shape index (κ1) is 82.7. The van der Waals surface area contributed by atoms with Crippen molar-refractivity contribution in [2.75, 3.05) is 52.6 Å². The molecule has 16 nitrogen and oxygen atoms in total. The maximum absolute atomic E-state index is 12.4. The van der Waals surface area contributed by atoms with E-state index in [2.05, 4.69) is 125 Å². The number of esters is 4. The van der Waals surface area contributed by atoms with E-state index in [1.54, 1.807) is 97.1 Å². The molecule has 0 bridgehead atoms. The van der Waals surface area contributed by atoms with Gasteiger partial charge in [0.25, 0.3) is 23.6 Å². The molecule has 4 aromatic carbocycles. The van der Waals surface area contributed by atoms with Crippen molar-refractivity contribution in [2.45, 2.75) is 192 Å². The van der Waals surface area contributed by atoms with Gasteiger partial charge in [-0.25, -0.2) is 19.2 Å². The van der Waals surface area contributed by atoms with Gasteiger partial charge < -0.3 is 40.2 Å². The summed E-state index contributed by atoms with van der Waals surface area (Å²) >= 11 is 0. The number of hydrogen-bond acceptors (Lipinski definition) is 12. The van der Waals surface area contributed by atoms with E-state index in [1.165, 1.54) is 0 Å². The number of rotatable bonds is 20. The van der Waals surface area contributed by atoms with Crippen molar-refractivity contribution in [3.63, 3.8) is 0 Å². The first-order valence-corrected chi connectivity index (χ1v) is 32.2. The molecule has 0 spiro atoms. The van der Waals surface area contributed by atoms with Crippen molar-refractivity contribution in [1.82, 2.24) is 21.3 Å². The molecule has 0 heterocycles. The van der Waals surface area contributed by atoms with Crippen molar-refractivity contribution in [3.05, 3.63) is 142 Å². The normalized spacial score (nSPS) is 11.9. The number of carbonyl (C=O) groups excluding carboxylic acids is 8. The topological polar surface area (TPSA) is 222 Å². The predicted molar refractivity (Wildman–Crippen MR) is 370 cm³/mol. The fourth-order valence-electron chi connectivity index (χ4n) is 7.39. The minimum Gasteiger partial charge on any atom is -0.462 e. The Kier molecular flexibility index (Phi) is 33.0. The SMILES string of the molecule is CC(C)(C)CCNC(=O)c1ccccc1C(=O)NCC(C)(C)C.CC(C)(C)CCNC(=O)c1ccccc1C(=O)OCC(C)(C)C.CC(C)(C)CCOC(=O)c1ccccc1C(=O)NCC(C)(C)C.CC(C)(C)CCOC(=O)c1ccccc1C(=O)OCC(C)(C)C. The number of ether oxygens (including phenoxy) is 4. The van der Waals surface area contributed by atoms with Crippen LogP contribution in [0.15, 0.2) is 97.1 Å². The molecular formula is C76H116N4O12. The Morgan fingerprint density at radius 3 is 0.696 bits per heavy atom. The number of benzene rings is 4. The highest BCUT2D eigenvalue weighted by molar-refractivity contribution is 6.08. The van der Waals surface area contributed by atoms with Crippen LogP contribution in [-0.4, -0.2) is 100 Å². The first-order valence-electron chi connectivity index (χ1n) is 32.2. The van der Waals surface area contributed by atoms with Crippen molar-refractivity contribution >= 4 is 47.5 Å². The van der Waals surface area contributed by atoms with Crippen LogP contribution < -0.4 is 21.3 Å². The lowest BCUT2D eigenvalue weighted by molar-refractivity contribution is 0.0348. The Morgan fingerprint density at radius 2 is 0.467 bits per heavy atom. The van der Waals surface area contributed by atoms with Crippen molar-refractivity contribution < 1.29 is 57.3 Å². The highest BCUT2D eigenvalue weighted by Gasteiger charge is 2.26. The lowest BCUT2D eigenvalue weighted by Crippen LogP contribution is -2.34. The molecule has 4 N–H and O–H groups in total. The van der Waals surface area contributed by atoms with E-state index in [0.717, 1.165) is 25.7 Å². The van der Waals surface area contributed by atoms with Crippen LogP contribution >= 0.6 is 0 Å². The second-order valence-electron chi connectivity index (χ2n) is 33.0. The Bertz CT molecular complexity index is 2610. The Balaban J connectivity index is 0.000000613. The third kappa shape index (κ3) is 37.8. The summed E-state index contributed by atoms with van der Waals surface area (Å²) in [6.45, 7) is 53.0. The van der Waals surface area contributed by atoms with Crippen LogP contribution in [0.3, 0.4) is 0 Å². The van der Waals surface area contributed by atoms with Gasteiger partial charge in [-0.3, -0.25) is 19.2 Å². The lowest BCUT2D eigenvalue weighted by Gasteiger charge is -2.20. The van der Waals surface area contributed by atoms with E-state index >= 15 is 0 Å². The molecule has 4 rings (SSSR count). The van der Waals surface area contributed by atoms with Gasteiger partial charge in [0.05, 0.1) is 70.9 Å². The second kappa shape index (κ2) is 36.8. The lowest BCUT2D eigenvalue weighted by atomic mass is 9.92.